The highest BCUT2D eigenvalue weighted by Gasteiger charge is 2.23. The third-order valence-corrected chi connectivity index (χ3v) is 5.19. The molecule has 0 saturated carbocycles. The van der Waals surface area contributed by atoms with Crippen LogP contribution in [0.2, 0.25) is 10.3 Å². The van der Waals surface area contributed by atoms with Crippen LogP contribution in [0.25, 0.3) is 16.9 Å². The Hall–Kier alpha value is -3.23. The summed E-state index contributed by atoms with van der Waals surface area (Å²) in [7, 11) is 1.59. The molecule has 0 aliphatic carbocycles. The Morgan fingerprint density at radius 3 is 2.57 bits per heavy atom. The Morgan fingerprint density at radius 2 is 1.80 bits per heavy atom. The maximum Gasteiger partial charge on any atom is 0.200 e. The van der Waals surface area contributed by atoms with Crippen LogP contribution in [0.15, 0.2) is 42.7 Å². The van der Waals surface area contributed by atoms with E-state index in [9.17, 15) is 0 Å². The highest BCUT2D eigenvalue weighted by atomic mass is 35.5. The van der Waals surface area contributed by atoms with E-state index in [1.165, 1.54) is 6.33 Å². The fraction of sp³-hybridized carbons (Fsp3) is 0.150. The summed E-state index contributed by atoms with van der Waals surface area (Å²) in [6, 6.07) is 11.1. The average molecular weight is 444 g/mol. The van der Waals surface area contributed by atoms with E-state index < -0.39 is 0 Å². The molecule has 0 atom stereocenters. The summed E-state index contributed by atoms with van der Waals surface area (Å²) in [6.07, 6.45) is 1.30. The van der Waals surface area contributed by atoms with E-state index in [1.807, 2.05) is 40.8 Å². The molecule has 8 nitrogen and oxygen atoms in total. The van der Waals surface area contributed by atoms with E-state index in [4.69, 9.17) is 42.4 Å². The normalized spacial score (nSPS) is 12.8. The van der Waals surface area contributed by atoms with Crippen LogP contribution in [0, 0.1) is 0 Å². The Labute approximate surface area is 181 Å². The first-order valence-corrected chi connectivity index (χ1v) is 9.80. The summed E-state index contributed by atoms with van der Waals surface area (Å²) in [5, 5.41) is 3.78. The smallest absolute Gasteiger partial charge is 0.200 e. The number of pyridine rings is 1. The third-order valence-electron chi connectivity index (χ3n) is 4.61. The first-order valence-electron chi connectivity index (χ1n) is 9.04. The molecule has 10 heteroatoms. The molecule has 1 aliphatic rings. The molecule has 5 rings (SSSR count). The van der Waals surface area contributed by atoms with Crippen LogP contribution in [0.1, 0.15) is 0 Å². The summed E-state index contributed by atoms with van der Waals surface area (Å²) in [4.78, 5) is 12.8. The van der Waals surface area contributed by atoms with Crippen molar-refractivity contribution in [2.24, 2.45) is 0 Å². The molecule has 1 N–H and O–H groups in total. The number of imidazole rings is 1. The van der Waals surface area contributed by atoms with Crippen molar-refractivity contribution in [1.82, 2.24) is 19.4 Å². The number of anilines is 2. The minimum Gasteiger partial charge on any atom is -0.486 e. The molecule has 0 radical (unpaired) electrons. The molecule has 0 saturated heterocycles. The number of fused-ring (bicyclic) bond motifs is 2. The van der Waals surface area contributed by atoms with Gasteiger partial charge in [-0.3, -0.25) is 0 Å². The topological polar surface area (TPSA) is 82.8 Å². The van der Waals surface area contributed by atoms with Crippen LogP contribution in [0.4, 0.5) is 11.5 Å². The van der Waals surface area contributed by atoms with Crippen LogP contribution in [-0.2, 0) is 0 Å². The highest BCUT2D eigenvalue weighted by molar-refractivity contribution is 6.37. The van der Waals surface area contributed by atoms with Crippen LogP contribution < -0.4 is 19.5 Å². The summed E-state index contributed by atoms with van der Waals surface area (Å²) < 4.78 is 18.7. The highest BCUT2D eigenvalue weighted by Crippen LogP contribution is 2.40. The molecule has 4 aromatic rings. The van der Waals surface area contributed by atoms with Crippen LogP contribution in [0.3, 0.4) is 0 Å². The number of halogens is 2. The zero-order chi connectivity index (χ0) is 20.7. The molecule has 0 spiro atoms. The van der Waals surface area contributed by atoms with Gasteiger partial charge in [-0.25, -0.2) is 19.4 Å². The van der Waals surface area contributed by atoms with Gasteiger partial charge in [0, 0.05) is 11.8 Å². The van der Waals surface area contributed by atoms with Gasteiger partial charge in [0.05, 0.1) is 12.7 Å². The molecule has 30 heavy (non-hydrogen) atoms. The molecular weight excluding hydrogens is 429 g/mol. The standard InChI is InChI=1S/C20H15Cl2N5O3/c1-28-15-4-2-3-14-26-17(16-18(21)23-10-24-19(16)22)20(27(14)15)25-11-5-6-12-13(9-11)30-8-7-29-12/h2-6,9-10,25H,7-8H2,1H3. The lowest BCUT2D eigenvalue weighted by atomic mass is 10.2. The van der Waals surface area contributed by atoms with Gasteiger partial charge in [0.2, 0.25) is 5.88 Å². The van der Waals surface area contributed by atoms with E-state index in [0.717, 1.165) is 5.69 Å². The quantitative estimate of drug-likeness (QED) is 0.460. The summed E-state index contributed by atoms with van der Waals surface area (Å²) in [5.74, 6) is 2.53. The minimum absolute atomic E-state index is 0.197. The number of hydrogen-bond acceptors (Lipinski definition) is 7. The van der Waals surface area contributed by atoms with Gasteiger partial charge in [-0.05, 0) is 24.3 Å². The predicted molar refractivity (Wildman–Crippen MR) is 114 cm³/mol. The first kappa shape index (κ1) is 18.8. The van der Waals surface area contributed by atoms with E-state index in [-0.39, 0.29) is 10.3 Å². The summed E-state index contributed by atoms with van der Waals surface area (Å²) in [6.45, 7) is 1.02. The van der Waals surface area contributed by atoms with Crippen molar-refractivity contribution >= 4 is 40.4 Å². The molecule has 3 aromatic heterocycles. The SMILES string of the molecule is COc1cccc2nc(-c3c(Cl)ncnc3Cl)c(Nc3ccc4c(c3)OCCO4)n12. The number of nitrogens with zero attached hydrogens (tertiary/aromatic N) is 4. The van der Waals surface area contributed by atoms with Crippen molar-refractivity contribution in [3.63, 3.8) is 0 Å². The molecule has 0 unspecified atom stereocenters. The van der Waals surface area contributed by atoms with Gasteiger partial charge in [-0.1, -0.05) is 29.3 Å². The van der Waals surface area contributed by atoms with Gasteiger partial charge in [0.1, 0.15) is 47.0 Å². The average Bonchev–Trinajstić information content (AvgIpc) is 3.11. The molecule has 1 aromatic carbocycles. The number of ether oxygens (including phenoxy) is 3. The van der Waals surface area contributed by atoms with Gasteiger partial charge >= 0.3 is 0 Å². The van der Waals surface area contributed by atoms with E-state index in [0.29, 0.717) is 53.3 Å². The van der Waals surface area contributed by atoms with Crippen molar-refractivity contribution in [2.75, 3.05) is 25.6 Å². The maximum absolute atomic E-state index is 6.35. The van der Waals surface area contributed by atoms with Crippen molar-refractivity contribution in [3.05, 3.63) is 53.0 Å². The largest absolute Gasteiger partial charge is 0.486 e. The molecule has 1 aliphatic heterocycles. The third kappa shape index (κ3) is 3.14. The molecule has 0 fully saturated rings. The lowest BCUT2D eigenvalue weighted by molar-refractivity contribution is 0.171. The first-order chi connectivity index (χ1) is 14.7. The Balaban J connectivity index is 1.71. The number of benzene rings is 1. The molecule has 152 valence electrons. The van der Waals surface area contributed by atoms with Crippen LogP contribution in [-0.4, -0.2) is 39.7 Å². The van der Waals surface area contributed by atoms with E-state index in [2.05, 4.69) is 15.3 Å². The Morgan fingerprint density at radius 1 is 1.03 bits per heavy atom. The molecular formula is C20H15Cl2N5O3. The second kappa shape index (κ2) is 7.55. The number of rotatable bonds is 4. The van der Waals surface area contributed by atoms with Gasteiger partial charge in [0.25, 0.3) is 0 Å². The number of methoxy groups -OCH3 is 1. The second-order valence-electron chi connectivity index (χ2n) is 6.38. The lowest BCUT2D eigenvalue weighted by Gasteiger charge is -2.19. The fourth-order valence-electron chi connectivity index (χ4n) is 3.31. The van der Waals surface area contributed by atoms with Gasteiger partial charge in [0.15, 0.2) is 11.5 Å². The maximum atomic E-state index is 6.35. The number of hydrogen-bond donors (Lipinski definition) is 1. The van der Waals surface area contributed by atoms with Crippen LogP contribution >= 0.6 is 23.2 Å². The van der Waals surface area contributed by atoms with Crippen molar-refractivity contribution in [1.29, 1.82) is 0 Å². The fourth-order valence-corrected chi connectivity index (χ4v) is 3.80. The van der Waals surface area contributed by atoms with Gasteiger partial charge in [-0.15, -0.1) is 0 Å². The van der Waals surface area contributed by atoms with Crippen LogP contribution in [0.5, 0.6) is 17.4 Å². The van der Waals surface area contributed by atoms with Gasteiger partial charge < -0.3 is 19.5 Å². The van der Waals surface area contributed by atoms with E-state index >= 15 is 0 Å². The van der Waals surface area contributed by atoms with Crippen molar-refractivity contribution < 1.29 is 14.2 Å². The second-order valence-corrected chi connectivity index (χ2v) is 7.10. The lowest BCUT2D eigenvalue weighted by Crippen LogP contribution is -2.15. The monoisotopic (exact) mass is 443 g/mol. The zero-order valence-electron chi connectivity index (χ0n) is 15.7. The Kier molecular flexibility index (Phi) is 4.72. The molecule has 0 amide bonds. The summed E-state index contributed by atoms with van der Waals surface area (Å²) in [5.41, 5.74) is 2.31. The summed E-state index contributed by atoms with van der Waals surface area (Å²) >= 11 is 12.7. The van der Waals surface area contributed by atoms with Crippen molar-refractivity contribution in [2.45, 2.75) is 0 Å². The van der Waals surface area contributed by atoms with Gasteiger partial charge in [-0.2, -0.15) is 0 Å². The minimum atomic E-state index is 0.197. The zero-order valence-corrected chi connectivity index (χ0v) is 17.2. The molecule has 4 heterocycles. The molecule has 0 bridgehead atoms. The Bertz CT molecular complexity index is 1240. The number of nitrogens with one attached hydrogen (secondary N) is 1. The van der Waals surface area contributed by atoms with Crippen molar-refractivity contribution in [3.8, 4) is 28.6 Å². The predicted octanol–water partition coefficient (Wildman–Crippen LogP) is 4.62. The number of aromatic nitrogens is 4. The van der Waals surface area contributed by atoms with E-state index in [1.54, 1.807) is 7.11 Å².